The van der Waals surface area contributed by atoms with Crippen LogP contribution in [-0.4, -0.2) is 10.8 Å². The summed E-state index contributed by atoms with van der Waals surface area (Å²) in [5.41, 5.74) is -0.118. The van der Waals surface area contributed by atoms with E-state index in [0.717, 1.165) is 4.88 Å². The Bertz CT molecular complexity index is 526. The van der Waals surface area contributed by atoms with Crippen molar-refractivity contribution in [1.82, 2.24) is 4.98 Å². The second-order valence-electron chi connectivity index (χ2n) is 3.14. The summed E-state index contributed by atoms with van der Waals surface area (Å²) in [7, 11) is 0. The van der Waals surface area contributed by atoms with Crippen molar-refractivity contribution in [3.63, 3.8) is 0 Å². The van der Waals surface area contributed by atoms with Crippen molar-refractivity contribution >= 4 is 28.7 Å². The molecule has 0 amide bonds. The minimum Gasteiger partial charge on any atom is -0.292 e. The lowest BCUT2D eigenvalue weighted by molar-refractivity contribution is 0.0985. The minimum atomic E-state index is -0.588. The van der Waals surface area contributed by atoms with E-state index >= 15 is 0 Å². The van der Waals surface area contributed by atoms with Crippen LogP contribution in [0, 0.1) is 5.82 Å². The molecule has 16 heavy (non-hydrogen) atoms. The lowest BCUT2D eigenvalue weighted by Gasteiger charge is -1.99. The van der Waals surface area contributed by atoms with Crippen molar-refractivity contribution in [2.24, 2.45) is 0 Å². The van der Waals surface area contributed by atoms with E-state index in [2.05, 4.69) is 4.98 Å². The maximum Gasteiger partial charge on any atom is 0.189 e. The highest BCUT2D eigenvalue weighted by atomic mass is 35.5. The van der Waals surface area contributed by atoms with Gasteiger partial charge in [-0.2, -0.15) is 0 Å². The van der Waals surface area contributed by atoms with Gasteiger partial charge < -0.3 is 0 Å². The Kier molecular flexibility index (Phi) is 3.31. The summed E-state index contributed by atoms with van der Waals surface area (Å²) in [6, 6.07) is 6.14. The fraction of sp³-hybridized carbons (Fsp3) is 0.0909. The zero-order valence-corrected chi connectivity index (χ0v) is 9.69. The molecule has 0 aliphatic carbocycles. The van der Waals surface area contributed by atoms with Crippen LogP contribution in [0.1, 0.15) is 15.4 Å². The molecule has 0 bridgehead atoms. The van der Waals surface area contributed by atoms with Gasteiger partial charge in [0.2, 0.25) is 0 Å². The van der Waals surface area contributed by atoms with Crippen LogP contribution in [0.4, 0.5) is 4.39 Å². The van der Waals surface area contributed by atoms with E-state index < -0.39 is 5.82 Å². The van der Waals surface area contributed by atoms with E-state index in [4.69, 9.17) is 11.6 Å². The lowest BCUT2D eigenvalue weighted by Crippen LogP contribution is -2.07. The molecular formula is C11H7ClFNOS. The highest BCUT2D eigenvalue weighted by Crippen LogP contribution is 2.22. The fourth-order valence-corrected chi connectivity index (χ4v) is 2.37. The van der Waals surface area contributed by atoms with Gasteiger partial charge in [-0.25, -0.2) is 4.39 Å². The van der Waals surface area contributed by atoms with E-state index in [1.54, 1.807) is 12.1 Å². The minimum absolute atomic E-state index is 0.118. The van der Waals surface area contributed by atoms with Gasteiger partial charge in [0, 0.05) is 17.5 Å². The topological polar surface area (TPSA) is 30.0 Å². The first-order chi connectivity index (χ1) is 7.66. The number of halogens is 2. The van der Waals surface area contributed by atoms with E-state index in [9.17, 15) is 9.18 Å². The van der Waals surface area contributed by atoms with Gasteiger partial charge in [0.25, 0.3) is 0 Å². The molecule has 0 aliphatic rings. The first kappa shape index (κ1) is 11.2. The molecule has 0 N–H and O–H groups in total. The van der Waals surface area contributed by atoms with Crippen LogP contribution in [0.15, 0.2) is 30.5 Å². The first-order valence-corrected chi connectivity index (χ1v) is 5.74. The Balaban J connectivity index is 2.18. The van der Waals surface area contributed by atoms with Crippen LogP contribution < -0.4 is 0 Å². The molecule has 0 saturated heterocycles. The summed E-state index contributed by atoms with van der Waals surface area (Å²) in [4.78, 5) is 16.2. The van der Waals surface area contributed by atoms with Gasteiger partial charge in [-0.3, -0.25) is 9.78 Å². The van der Waals surface area contributed by atoms with Crippen molar-refractivity contribution in [1.29, 1.82) is 0 Å². The zero-order valence-electron chi connectivity index (χ0n) is 8.11. The van der Waals surface area contributed by atoms with Gasteiger partial charge in [-0.05, 0) is 24.3 Å². The van der Waals surface area contributed by atoms with Crippen LogP contribution in [0.5, 0.6) is 0 Å². The molecule has 2 rings (SSSR count). The fourth-order valence-electron chi connectivity index (χ4n) is 1.28. The van der Waals surface area contributed by atoms with Gasteiger partial charge in [0.05, 0.1) is 4.34 Å². The van der Waals surface area contributed by atoms with Crippen molar-refractivity contribution in [3.05, 3.63) is 51.2 Å². The van der Waals surface area contributed by atoms with Crippen LogP contribution >= 0.6 is 22.9 Å². The highest BCUT2D eigenvalue weighted by Gasteiger charge is 2.14. The number of hydrogen-bond acceptors (Lipinski definition) is 3. The SMILES string of the molecule is O=C(Cc1ccc(Cl)s1)c1ncccc1F. The van der Waals surface area contributed by atoms with Crippen molar-refractivity contribution in [3.8, 4) is 0 Å². The first-order valence-electron chi connectivity index (χ1n) is 4.55. The second-order valence-corrected chi connectivity index (χ2v) is 4.94. The number of carbonyl (C=O) groups excluding carboxylic acids is 1. The molecule has 0 spiro atoms. The van der Waals surface area contributed by atoms with E-state index in [-0.39, 0.29) is 17.9 Å². The Hall–Kier alpha value is -1.26. The van der Waals surface area contributed by atoms with Crippen molar-refractivity contribution in [2.75, 3.05) is 0 Å². The normalized spacial score (nSPS) is 10.4. The average molecular weight is 256 g/mol. The van der Waals surface area contributed by atoms with Crippen LogP contribution in [0.3, 0.4) is 0 Å². The molecule has 0 unspecified atom stereocenters. The third kappa shape index (κ3) is 2.46. The average Bonchev–Trinajstić information content (AvgIpc) is 2.64. The van der Waals surface area contributed by atoms with Gasteiger partial charge in [0.1, 0.15) is 5.69 Å². The quantitative estimate of drug-likeness (QED) is 0.787. The maximum atomic E-state index is 13.2. The van der Waals surface area contributed by atoms with Crippen LogP contribution in [0.25, 0.3) is 0 Å². The van der Waals surface area contributed by atoms with Gasteiger partial charge in [-0.1, -0.05) is 11.6 Å². The predicted molar refractivity (Wildman–Crippen MR) is 61.6 cm³/mol. The predicted octanol–water partition coefficient (Wildman–Crippen LogP) is 3.36. The number of hydrogen-bond donors (Lipinski definition) is 0. The van der Waals surface area contributed by atoms with Gasteiger partial charge in [-0.15, -0.1) is 11.3 Å². The monoisotopic (exact) mass is 255 g/mol. The third-order valence-corrected chi connectivity index (χ3v) is 3.22. The number of ketones is 1. The van der Waals surface area contributed by atoms with E-state index in [1.165, 1.54) is 29.7 Å². The zero-order chi connectivity index (χ0) is 11.5. The standard InChI is InChI=1S/C11H7ClFNOS/c12-10-4-3-7(16-10)6-9(15)11-8(13)2-1-5-14-11/h1-5H,6H2. The van der Waals surface area contributed by atoms with Gasteiger partial charge in [0.15, 0.2) is 11.6 Å². The number of Topliss-reactive ketones (excluding diaryl/α,β-unsaturated/α-hetero) is 1. The Morgan fingerprint density at radius 3 is 2.88 bits per heavy atom. The van der Waals surface area contributed by atoms with E-state index in [1.807, 2.05) is 0 Å². The summed E-state index contributed by atoms with van der Waals surface area (Å²) in [6.07, 6.45) is 1.53. The molecule has 2 nitrogen and oxygen atoms in total. The summed E-state index contributed by atoms with van der Waals surface area (Å²) in [5.74, 6) is -0.924. The lowest BCUT2D eigenvalue weighted by atomic mass is 10.1. The summed E-state index contributed by atoms with van der Waals surface area (Å²) >= 11 is 7.05. The van der Waals surface area contributed by atoms with Crippen LogP contribution in [0.2, 0.25) is 4.34 Å². The highest BCUT2D eigenvalue weighted by molar-refractivity contribution is 7.16. The van der Waals surface area contributed by atoms with Crippen molar-refractivity contribution in [2.45, 2.75) is 6.42 Å². The molecule has 0 atom stereocenters. The largest absolute Gasteiger partial charge is 0.292 e. The van der Waals surface area contributed by atoms with Crippen LogP contribution in [-0.2, 0) is 6.42 Å². The number of pyridine rings is 1. The summed E-state index contributed by atoms with van der Waals surface area (Å²) in [6.45, 7) is 0. The number of nitrogens with zero attached hydrogens (tertiary/aromatic N) is 1. The van der Waals surface area contributed by atoms with Crippen molar-refractivity contribution < 1.29 is 9.18 Å². The number of aromatic nitrogens is 1. The molecule has 0 radical (unpaired) electrons. The second kappa shape index (κ2) is 4.72. The third-order valence-electron chi connectivity index (χ3n) is 1.99. The number of thiophene rings is 1. The van der Waals surface area contributed by atoms with E-state index in [0.29, 0.717) is 4.34 Å². The number of carbonyl (C=O) groups is 1. The summed E-state index contributed by atoms with van der Waals surface area (Å²) in [5, 5.41) is 0. The molecule has 82 valence electrons. The molecule has 2 aromatic heterocycles. The maximum absolute atomic E-state index is 13.2. The Morgan fingerprint density at radius 1 is 1.44 bits per heavy atom. The smallest absolute Gasteiger partial charge is 0.189 e. The Labute approximate surface area is 101 Å². The molecule has 0 fully saturated rings. The molecule has 2 heterocycles. The molecule has 2 aromatic rings. The molecule has 5 heteroatoms. The molecule has 0 aromatic carbocycles. The number of rotatable bonds is 3. The molecule has 0 aliphatic heterocycles. The Morgan fingerprint density at radius 2 is 2.25 bits per heavy atom. The molecule has 0 saturated carbocycles. The molecular weight excluding hydrogens is 249 g/mol. The summed E-state index contributed by atoms with van der Waals surface area (Å²) < 4.78 is 13.9. The van der Waals surface area contributed by atoms with Gasteiger partial charge >= 0.3 is 0 Å².